The van der Waals surface area contributed by atoms with E-state index in [0.717, 1.165) is 19.3 Å². The molecule has 0 aromatic carbocycles. The zero-order valence-corrected chi connectivity index (χ0v) is 6.84. The molecule has 0 spiro atoms. The van der Waals surface area contributed by atoms with Crippen molar-refractivity contribution in [2.75, 3.05) is 6.54 Å². The SMILES string of the molecule is CC(=O)NC[C@H]1CCC[C@H]1O. The van der Waals surface area contributed by atoms with Crippen LogP contribution in [0.15, 0.2) is 0 Å². The Morgan fingerprint density at radius 2 is 2.36 bits per heavy atom. The minimum Gasteiger partial charge on any atom is -0.393 e. The lowest BCUT2D eigenvalue weighted by atomic mass is 10.1. The van der Waals surface area contributed by atoms with Crippen LogP contribution in [0.2, 0.25) is 0 Å². The molecule has 0 aromatic heterocycles. The maximum Gasteiger partial charge on any atom is 0.216 e. The van der Waals surface area contributed by atoms with Gasteiger partial charge in [-0.25, -0.2) is 0 Å². The molecule has 1 fully saturated rings. The Kier molecular flexibility index (Phi) is 2.88. The van der Waals surface area contributed by atoms with Gasteiger partial charge in [-0.1, -0.05) is 6.42 Å². The summed E-state index contributed by atoms with van der Waals surface area (Å²) < 4.78 is 0. The van der Waals surface area contributed by atoms with Gasteiger partial charge in [0.05, 0.1) is 6.10 Å². The van der Waals surface area contributed by atoms with E-state index in [1.165, 1.54) is 6.92 Å². The lowest BCUT2D eigenvalue weighted by Crippen LogP contribution is -2.30. The molecule has 2 N–H and O–H groups in total. The Morgan fingerprint density at radius 1 is 1.64 bits per heavy atom. The van der Waals surface area contributed by atoms with Crippen LogP contribution in [0.1, 0.15) is 26.2 Å². The summed E-state index contributed by atoms with van der Waals surface area (Å²) in [6, 6.07) is 0. The fourth-order valence-electron chi connectivity index (χ4n) is 1.53. The molecule has 11 heavy (non-hydrogen) atoms. The van der Waals surface area contributed by atoms with E-state index in [4.69, 9.17) is 0 Å². The minimum absolute atomic E-state index is 0.0101. The van der Waals surface area contributed by atoms with Crippen LogP contribution < -0.4 is 5.32 Å². The summed E-state index contributed by atoms with van der Waals surface area (Å²) in [4.78, 5) is 10.5. The first-order valence-corrected chi connectivity index (χ1v) is 4.12. The Labute approximate surface area is 66.8 Å². The van der Waals surface area contributed by atoms with Crippen LogP contribution in [0, 0.1) is 5.92 Å². The maximum atomic E-state index is 10.5. The highest BCUT2D eigenvalue weighted by Crippen LogP contribution is 2.24. The third-order valence-electron chi connectivity index (χ3n) is 2.23. The van der Waals surface area contributed by atoms with E-state index < -0.39 is 0 Å². The summed E-state index contributed by atoms with van der Waals surface area (Å²) in [5, 5.41) is 12.1. The van der Waals surface area contributed by atoms with Gasteiger partial charge in [0, 0.05) is 19.4 Å². The molecule has 1 amide bonds. The Hall–Kier alpha value is -0.570. The van der Waals surface area contributed by atoms with E-state index >= 15 is 0 Å². The van der Waals surface area contributed by atoms with Crippen LogP contribution in [0.3, 0.4) is 0 Å². The lowest BCUT2D eigenvalue weighted by Gasteiger charge is -2.13. The van der Waals surface area contributed by atoms with Gasteiger partial charge in [0.2, 0.25) is 5.91 Å². The fraction of sp³-hybridized carbons (Fsp3) is 0.875. The Bertz CT molecular complexity index is 147. The smallest absolute Gasteiger partial charge is 0.216 e. The molecule has 3 heteroatoms. The van der Waals surface area contributed by atoms with Crippen molar-refractivity contribution in [3.8, 4) is 0 Å². The number of amides is 1. The Morgan fingerprint density at radius 3 is 2.82 bits per heavy atom. The molecule has 1 aliphatic carbocycles. The largest absolute Gasteiger partial charge is 0.393 e. The molecule has 0 radical (unpaired) electrons. The molecule has 0 aliphatic heterocycles. The summed E-state index contributed by atoms with van der Waals surface area (Å²) in [5.41, 5.74) is 0. The van der Waals surface area contributed by atoms with Crippen molar-refractivity contribution in [2.45, 2.75) is 32.3 Å². The molecule has 1 rings (SSSR count). The summed E-state index contributed by atoms with van der Waals surface area (Å²) in [5.74, 6) is 0.281. The summed E-state index contributed by atoms with van der Waals surface area (Å²) in [6.07, 6.45) is 2.83. The van der Waals surface area contributed by atoms with Crippen molar-refractivity contribution < 1.29 is 9.90 Å². The van der Waals surface area contributed by atoms with Gasteiger partial charge in [-0.3, -0.25) is 4.79 Å². The van der Waals surface area contributed by atoms with Crippen molar-refractivity contribution in [3.05, 3.63) is 0 Å². The quantitative estimate of drug-likeness (QED) is 0.605. The molecule has 1 aliphatic rings. The first-order valence-electron chi connectivity index (χ1n) is 4.12. The number of hydrogen-bond donors (Lipinski definition) is 2. The lowest BCUT2D eigenvalue weighted by molar-refractivity contribution is -0.119. The van der Waals surface area contributed by atoms with E-state index in [1.807, 2.05) is 0 Å². The topological polar surface area (TPSA) is 49.3 Å². The molecular weight excluding hydrogens is 142 g/mol. The first-order chi connectivity index (χ1) is 5.20. The zero-order chi connectivity index (χ0) is 8.27. The highest BCUT2D eigenvalue weighted by Gasteiger charge is 2.24. The first kappa shape index (κ1) is 8.53. The van der Waals surface area contributed by atoms with Gasteiger partial charge in [-0.2, -0.15) is 0 Å². The third kappa shape index (κ3) is 2.50. The summed E-state index contributed by atoms with van der Waals surface area (Å²) in [6.45, 7) is 2.14. The average molecular weight is 157 g/mol. The predicted molar refractivity (Wildman–Crippen MR) is 42.0 cm³/mol. The third-order valence-corrected chi connectivity index (χ3v) is 2.23. The van der Waals surface area contributed by atoms with Gasteiger partial charge in [-0.15, -0.1) is 0 Å². The molecule has 0 aromatic rings. The molecule has 2 atom stereocenters. The van der Waals surface area contributed by atoms with Crippen LogP contribution in [0.4, 0.5) is 0 Å². The molecule has 0 saturated heterocycles. The van der Waals surface area contributed by atoms with E-state index in [1.54, 1.807) is 0 Å². The van der Waals surface area contributed by atoms with Crippen LogP contribution >= 0.6 is 0 Å². The number of aliphatic hydroxyl groups is 1. The van der Waals surface area contributed by atoms with E-state index in [2.05, 4.69) is 5.32 Å². The number of rotatable bonds is 2. The molecule has 64 valence electrons. The molecule has 3 nitrogen and oxygen atoms in total. The molecular formula is C8H15NO2. The van der Waals surface area contributed by atoms with Crippen LogP contribution in [0.25, 0.3) is 0 Å². The van der Waals surface area contributed by atoms with Crippen molar-refractivity contribution in [1.29, 1.82) is 0 Å². The molecule has 0 heterocycles. The highest BCUT2D eigenvalue weighted by molar-refractivity contribution is 5.72. The highest BCUT2D eigenvalue weighted by atomic mass is 16.3. The van der Waals surface area contributed by atoms with Crippen LogP contribution in [0.5, 0.6) is 0 Å². The second-order valence-electron chi connectivity index (χ2n) is 3.20. The van der Waals surface area contributed by atoms with E-state index in [0.29, 0.717) is 12.5 Å². The maximum absolute atomic E-state index is 10.5. The molecule has 0 bridgehead atoms. The van der Waals surface area contributed by atoms with Crippen molar-refractivity contribution >= 4 is 5.91 Å². The zero-order valence-electron chi connectivity index (χ0n) is 6.84. The summed E-state index contributed by atoms with van der Waals surface area (Å²) >= 11 is 0. The van der Waals surface area contributed by atoms with Gasteiger partial charge < -0.3 is 10.4 Å². The van der Waals surface area contributed by atoms with Gasteiger partial charge >= 0.3 is 0 Å². The standard InChI is InChI=1S/C8H15NO2/c1-6(10)9-5-7-3-2-4-8(7)11/h7-8,11H,2-5H2,1H3,(H,9,10)/t7-,8-/m1/s1. The van der Waals surface area contributed by atoms with E-state index in [9.17, 15) is 9.90 Å². The molecule has 1 saturated carbocycles. The number of nitrogens with one attached hydrogen (secondary N) is 1. The normalized spacial score (nSPS) is 30.4. The van der Waals surface area contributed by atoms with Gasteiger partial charge in [0.25, 0.3) is 0 Å². The second-order valence-corrected chi connectivity index (χ2v) is 3.20. The Balaban J connectivity index is 2.20. The van der Waals surface area contributed by atoms with Crippen molar-refractivity contribution in [1.82, 2.24) is 5.32 Å². The van der Waals surface area contributed by atoms with Crippen LogP contribution in [-0.4, -0.2) is 23.7 Å². The summed E-state index contributed by atoms with van der Waals surface area (Å²) in [7, 11) is 0. The minimum atomic E-state index is -0.193. The van der Waals surface area contributed by atoms with Crippen molar-refractivity contribution in [3.63, 3.8) is 0 Å². The van der Waals surface area contributed by atoms with Gasteiger partial charge in [0.15, 0.2) is 0 Å². The monoisotopic (exact) mass is 157 g/mol. The average Bonchev–Trinajstić information content (AvgIpc) is 2.31. The fourth-order valence-corrected chi connectivity index (χ4v) is 1.53. The van der Waals surface area contributed by atoms with E-state index in [-0.39, 0.29) is 12.0 Å². The predicted octanol–water partition coefficient (Wildman–Crippen LogP) is 0.283. The molecule has 0 unspecified atom stereocenters. The van der Waals surface area contributed by atoms with Crippen LogP contribution in [-0.2, 0) is 4.79 Å². The van der Waals surface area contributed by atoms with Gasteiger partial charge in [-0.05, 0) is 12.8 Å². The number of aliphatic hydroxyl groups excluding tert-OH is 1. The second kappa shape index (κ2) is 3.72. The number of hydrogen-bond acceptors (Lipinski definition) is 2. The van der Waals surface area contributed by atoms with Crippen molar-refractivity contribution in [2.24, 2.45) is 5.92 Å². The van der Waals surface area contributed by atoms with Gasteiger partial charge in [0.1, 0.15) is 0 Å². The number of carbonyl (C=O) groups excluding carboxylic acids is 1. The number of carbonyl (C=O) groups is 1.